The summed E-state index contributed by atoms with van der Waals surface area (Å²) in [5, 5.41) is 11.3. The number of piperidine rings is 1. The maximum Gasteiger partial charge on any atom is 0.224 e. The van der Waals surface area contributed by atoms with Crippen molar-refractivity contribution in [3.63, 3.8) is 0 Å². The van der Waals surface area contributed by atoms with Gasteiger partial charge in [0.15, 0.2) is 0 Å². The van der Waals surface area contributed by atoms with Crippen molar-refractivity contribution in [3.05, 3.63) is 35.5 Å². The molecule has 27 heavy (non-hydrogen) atoms. The van der Waals surface area contributed by atoms with Crippen LogP contribution in [0.3, 0.4) is 0 Å². The van der Waals surface area contributed by atoms with Gasteiger partial charge in [0.05, 0.1) is 11.4 Å². The predicted molar refractivity (Wildman–Crippen MR) is 110 cm³/mol. The van der Waals surface area contributed by atoms with E-state index in [4.69, 9.17) is 4.98 Å². The Morgan fingerprint density at radius 3 is 2.93 bits per heavy atom. The molecule has 0 saturated carbocycles. The molecular weight excluding hydrogens is 336 g/mol. The molecule has 1 atom stereocenters. The lowest BCUT2D eigenvalue weighted by atomic mass is 9.92. The van der Waals surface area contributed by atoms with Gasteiger partial charge in [-0.3, -0.25) is 9.78 Å². The molecule has 2 heterocycles. The largest absolute Gasteiger partial charge is 0.384 e. The number of carbonyl (C=O) groups is 1. The van der Waals surface area contributed by atoms with Gasteiger partial charge >= 0.3 is 0 Å². The Balaban J connectivity index is 1.35. The van der Waals surface area contributed by atoms with E-state index in [1.807, 2.05) is 0 Å². The minimum atomic E-state index is 0.142. The summed E-state index contributed by atoms with van der Waals surface area (Å²) in [6.45, 7) is 3.45. The minimum Gasteiger partial charge on any atom is -0.384 e. The molecule has 2 aromatic rings. The van der Waals surface area contributed by atoms with Crippen molar-refractivity contribution in [2.45, 2.75) is 44.9 Å². The lowest BCUT2D eigenvalue weighted by Crippen LogP contribution is -2.41. The van der Waals surface area contributed by atoms with E-state index in [-0.39, 0.29) is 11.8 Å². The summed E-state index contributed by atoms with van der Waals surface area (Å²) in [5.74, 6) is 0.344. The number of pyridine rings is 1. The molecule has 1 aliphatic carbocycles. The number of nitrogens with one attached hydrogen (secondary N) is 3. The Bertz CT molecular complexity index is 798. The molecule has 144 valence electrons. The Morgan fingerprint density at radius 2 is 2.04 bits per heavy atom. The topological polar surface area (TPSA) is 66.0 Å². The number of benzene rings is 1. The fourth-order valence-electron chi connectivity index (χ4n) is 4.31. The predicted octanol–water partition coefficient (Wildman–Crippen LogP) is 3.03. The van der Waals surface area contributed by atoms with E-state index in [1.54, 1.807) is 0 Å². The van der Waals surface area contributed by atoms with Crippen molar-refractivity contribution in [2.24, 2.45) is 5.92 Å². The van der Waals surface area contributed by atoms with Gasteiger partial charge in [-0.05, 0) is 63.1 Å². The molecule has 0 spiro atoms. The summed E-state index contributed by atoms with van der Waals surface area (Å²) in [7, 11) is 0. The number of aromatic nitrogens is 1. The number of rotatable bonds is 6. The maximum atomic E-state index is 12.2. The van der Waals surface area contributed by atoms with Gasteiger partial charge in [0, 0.05) is 36.4 Å². The zero-order valence-corrected chi connectivity index (χ0v) is 16.0. The van der Waals surface area contributed by atoms with Crippen molar-refractivity contribution in [1.29, 1.82) is 0 Å². The number of para-hydroxylation sites is 1. The number of hydrogen-bond acceptors (Lipinski definition) is 4. The molecule has 1 aromatic heterocycles. The van der Waals surface area contributed by atoms with E-state index in [1.165, 1.54) is 35.2 Å². The van der Waals surface area contributed by atoms with Crippen LogP contribution in [0.5, 0.6) is 0 Å². The SMILES string of the molecule is O=C(NCCCNc1c2c(nc3ccccc13)CCCC2)C1CCCNC1. The summed E-state index contributed by atoms with van der Waals surface area (Å²) in [4.78, 5) is 17.1. The molecular formula is C22H30N4O. The zero-order chi connectivity index (χ0) is 18.5. The number of amides is 1. The molecule has 0 radical (unpaired) electrons. The first kappa shape index (κ1) is 18.2. The van der Waals surface area contributed by atoms with Crippen LogP contribution in [-0.4, -0.2) is 37.1 Å². The van der Waals surface area contributed by atoms with Gasteiger partial charge in [0.2, 0.25) is 5.91 Å². The highest BCUT2D eigenvalue weighted by Gasteiger charge is 2.20. The van der Waals surface area contributed by atoms with E-state index >= 15 is 0 Å². The average Bonchev–Trinajstić information content (AvgIpc) is 2.73. The van der Waals surface area contributed by atoms with Crippen molar-refractivity contribution in [3.8, 4) is 0 Å². The fourth-order valence-corrected chi connectivity index (χ4v) is 4.31. The molecule has 4 rings (SSSR count). The first-order valence-electron chi connectivity index (χ1n) is 10.5. The number of nitrogens with zero attached hydrogens (tertiary/aromatic N) is 1. The van der Waals surface area contributed by atoms with Crippen LogP contribution in [0.4, 0.5) is 5.69 Å². The Kier molecular flexibility index (Phi) is 5.87. The number of hydrogen-bond donors (Lipinski definition) is 3. The van der Waals surface area contributed by atoms with E-state index < -0.39 is 0 Å². The minimum absolute atomic E-state index is 0.142. The molecule has 5 nitrogen and oxygen atoms in total. The second kappa shape index (κ2) is 8.70. The fraction of sp³-hybridized carbons (Fsp3) is 0.545. The monoisotopic (exact) mass is 366 g/mol. The van der Waals surface area contributed by atoms with Crippen LogP contribution in [0.15, 0.2) is 24.3 Å². The molecule has 1 unspecified atom stereocenters. The average molecular weight is 367 g/mol. The Labute approximate surface area is 161 Å². The second-order valence-electron chi connectivity index (χ2n) is 7.75. The summed E-state index contributed by atoms with van der Waals surface area (Å²) < 4.78 is 0. The molecule has 1 aliphatic heterocycles. The summed E-state index contributed by atoms with van der Waals surface area (Å²) in [5.41, 5.74) is 5.01. The number of fused-ring (bicyclic) bond motifs is 2. The Morgan fingerprint density at radius 1 is 1.15 bits per heavy atom. The van der Waals surface area contributed by atoms with Crippen molar-refractivity contribution >= 4 is 22.5 Å². The Hall–Kier alpha value is -2.14. The maximum absolute atomic E-state index is 12.2. The summed E-state index contributed by atoms with van der Waals surface area (Å²) in [6, 6.07) is 8.41. The molecule has 0 bridgehead atoms. The highest BCUT2D eigenvalue weighted by molar-refractivity contribution is 5.93. The van der Waals surface area contributed by atoms with Crippen LogP contribution in [0.25, 0.3) is 10.9 Å². The summed E-state index contributed by atoms with van der Waals surface area (Å²) >= 11 is 0. The normalized spacial score (nSPS) is 19.5. The molecule has 1 aromatic carbocycles. The number of carbonyl (C=O) groups excluding carboxylic acids is 1. The molecule has 3 N–H and O–H groups in total. The van der Waals surface area contributed by atoms with Gasteiger partial charge in [-0.25, -0.2) is 0 Å². The van der Waals surface area contributed by atoms with Crippen molar-refractivity contribution < 1.29 is 4.79 Å². The van der Waals surface area contributed by atoms with Crippen LogP contribution in [0.2, 0.25) is 0 Å². The zero-order valence-electron chi connectivity index (χ0n) is 16.0. The lowest BCUT2D eigenvalue weighted by molar-refractivity contribution is -0.125. The van der Waals surface area contributed by atoms with Gasteiger partial charge in [-0.2, -0.15) is 0 Å². The summed E-state index contributed by atoms with van der Waals surface area (Å²) in [6.07, 6.45) is 7.71. The van der Waals surface area contributed by atoms with Crippen molar-refractivity contribution in [1.82, 2.24) is 15.6 Å². The second-order valence-corrected chi connectivity index (χ2v) is 7.75. The molecule has 5 heteroatoms. The van der Waals surface area contributed by atoms with E-state index in [0.29, 0.717) is 0 Å². The lowest BCUT2D eigenvalue weighted by Gasteiger charge is -2.22. The molecule has 2 aliphatic rings. The van der Waals surface area contributed by atoms with Crippen LogP contribution in [0.1, 0.15) is 43.4 Å². The van der Waals surface area contributed by atoms with Gasteiger partial charge in [-0.1, -0.05) is 18.2 Å². The molecule has 1 saturated heterocycles. The third kappa shape index (κ3) is 4.24. The van der Waals surface area contributed by atoms with E-state index in [2.05, 4.69) is 40.2 Å². The first-order valence-corrected chi connectivity index (χ1v) is 10.5. The molecule has 1 amide bonds. The van der Waals surface area contributed by atoms with Gasteiger partial charge in [0.1, 0.15) is 0 Å². The highest BCUT2D eigenvalue weighted by Crippen LogP contribution is 2.33. The van der Waals surface area contributed by atoms with Gasteiger partial charge in [-0.15, -0.1) is 0 Å². The highest BCUT2D eigenvalue weighted by atomic mass is 16.1. The number of anilines is 1. The van der Waals surface area contributed by atoms with E-state index in [9.17, 15) is 4.79 Å². The smallest absolute Gasteiger partial charge is 0.224 e. The standard InChI is InChI=1S/C22H30N4O/c27-22(16-7-5-12-23-15-16)25-14-6-13-24-21-17-8-1-3-10-19(17)26-20-11-4-2-9-18(20)21/h1,3,8,10,16,23H,2,4-7,9,11-15H2,(H,24,26)(H,25,27). The first-order chi connectivity index (χ1) is 13.3. The van der Waals surface area contributed by atoms with Crippen LogP contribution >= 0.6 is 0 Å². The van der Waals surface area contributed by atoms with Crippen molar-refractivity contribution in [2.75, 3.05) is 31.5 Å². The third-order valence-electron chi connectivity index (χ3n) is 5.79. The van der Waals surface area contributed by atoms with Crippen LogP contribution in [0, 0.1) is 5.92 Å². The third-order valence-corrected chi connectivity index (χ3v) is 5.79. The molecule has 1 fully saturated rings. The van der Waals surface area contributed by atoms with Crippen LogP contribution in [-0.2, 0) is 17.6 Å². The number of aryl methyl sites for hydroxylation is 1. The van der Waals surface area contributed by atoms with Gasteiger partial charge in [0.25, 0.3) is 0 Å². The van der Waals surface area contributed by atoms with Crippen LogP contribution < -0.4 is 16.0 Å². The van der Waals surface area contributed by atoms with E-state index in [0.717, 1.165) is 63.8 Å². The quantitative estimate of drug-likeness (QED) is 0.688. The van der Waals surface area contributed by atoms with Gasteiger partial charge < -0.3 is 16.0 Å².